The van der Waals surface area contributed by atoms with Crippen LogP contribution in [0.2, 0.25) is 0 Å². The van der Waals surface area contributed by atoms with Gasteiger partial charge in [0.25, 0.3) is 0 Å². The molecule has 2 N–H and O–H groups in total. The van der Waals surface area contributed by atoms with Crippen molar-refractivity contribution in [2.75, 3.05) is 19.5 Å². The third-order valence-corrected chi connectivity index (χ3v) is 3.17. The highest BCUT2D eigenvalue weighted by molar-refractivity contribution is 5.84. The number of ether oxygens (including phenoxy) is 2. The van der Waals surface area contributed by atoms with Gasteiger partial charge in [-0.25, -0.2) is 4.79 Å². The molecule has 0 radical (unpaired) electrons. The predicted octanol–water partition coefficient (Wildman–Crippen LogP) is 2.74. The zero-order chi connectivity index (χ0) is 16.1. The summed E-state index contributed by atoms with van der Waals surface area (Å²) in [5.74, 6) is 1.01. The van der Waals surface area contributed by atoms with Crippen LogP contribution in [0.3, 0.4) is 0 Å². The third-order valence-electron chi connectivity index (χ3n) is 3.17. The SMILES string of the molecule is COc1cc(OC)nc(C(C)c2ccccc2NC(=O)O)n1. The standard InChI is InChI=1S/C15H17N3O4/c1-9(10-6-4-5-7-11(10)16-15(19)20)14-17-12(21-2)8-13(18-14)22-3/h4-9,16H,1-3H3,(H,19,20). The maximum atomic E-state index is 10.9. The van der Waals surface area contributed by atoms with E-state index in [-0.39, 0.29) is 5.92 Å². The maximum Gasteiger partial charge on any atom is 0.409 e. The Bertz CT molecular complexity index is 653. The van der Waals surface area contributed by atoms with E-state index in [4.69, 9.17) is 14.6 Å². The van der Waals surface area contributed by atoms with Gasteiger partial charge in [-0.3, -0.25) is 5.32 Å². The number of rotatable bonds is 5. The number of anilines is 1. The molecule has 1 aromatic heterocycles. The van der Waals surface area contributed by atoms with Gasteiger partial charge in [-0.1, -0.05) is 25.1 Å². The zero-order valence-electron chi connectivity index (χ0n) is 12.5. The van der Waals surface area contributed by atoms with E-state index in [2.05, 4.69) is 15.3 Å². The molecule has 116 valence electrons. The Balaban J connectivity index is 2.43. The van der Waals surface area contributed by atoms with E-state index in [1.165, 1.54) is 14.2 Å². The van der Waals surface area contributed by atoms with Crippen LogP contribution in [-0.4, -0.2) is 35.4 Å². The predicted molar refractivity (Wildman–Crippen MR) is 80.7 cm³/mol. The van der Waals surface area contributed by atoms with E-state index in [1.54, 1.807) is 18.2 Å². The number of nitrogens with zero attached hydrogens (tertiary/aromatic N) is 2. The molecule has 0 aliphatic heterocycles. The fourth-order valence-corrected chi connectivity index (χ4v) is 2.07. The second-order valence-electron chi connectivity index (χ2n) is 4.55. The van der Waals surface area contributed by atoms with E-state index >= 15 is 0 Å². The molecule has 0 aliphatic carbocycles. The van der Waals surface area contributed by atoms with Crippen LogP contribution in [-0.2, 0) is 0 Å². The fourth-order valence-electron chi connectivity index (χ4n) is 2.07. The summed E-state index contributed by atoms with van der Waals surface area (Å²) in [6.45, 7) is 1.89. The minimum atomic E-state index is -1.12. The second kappa shape index (κ2) is 6.75. The van der Waals surface area contributed by atoms with Crippen LogP contribution in [0.15, 0.2) is 30.3 Å². The molecule has 7 nitrogen and oxygen atoms in total. The van der Waals surface area contributed by atoms with Crippen LogP contribution in [0.5, 0.6) is 11.8 Å². The Kier molecular flexibility index (Phi) is 4.77. The summed E-state index contributed by atoms with van der Waals surface area (Å²) in [6.07, 6.45) is -1.12. The molecule has 22 heavy (non-hydrogen) atoms. The first-order valence-corrected chi connectivity index (χ1v) is 6.61. The van der Waals surface area contributed by atoms with Gasteiger partial charge in [0.2, 0.25) is 11.8 Å². The summed E-state index contributed by atoms with van der Waals surface area (Å²) in [5.41, 5.74) is 1.26. The number of methoxy groups -OCH3 is 2. The molecular weight excluding hydrogens is 286 g/mol. The molecule has 0 saturated heterocycles. The first kappa shape index (κ1) is 15.6. The molecule has 1 amide bonds. The number of aromatic nitrogens is 2. The van der Waals surface area contributed by atoms with Gasteiger partial charge in [-0.05, 0) is 11.6 Å². The van der Waals surface area contributed by atoms with Crippen LogP contribution in [0.4, 0.5) is 10.5 Å². The summed E-state index contributed by atoms with van der Waals surface area (Å²) < 4.78 is 10.3. The molecule has 1 unspecified atom stereocenters. The average molecular weight is 303 g/mol. The average Bonchev–Trinajstić information content (AvgIpc) is 2.53. The van der Waals surface area contributed by atoms with E-state index in [0.717, 1.165) is 5.56 Å². The van der Waals surface area contributed by atoms with Crippen molar-refractivity contribution in [2.45, 2.75) is 12.8 Å². The van der Waals surface area contributed by atoms with Crippen molar-refractivity contribution in [2.24, 2.45) is 0 Å². The van der Waals surface area contributed by atoms with Crippen molar-refractivity contribution < 1.29 is 19.4 Å². The van der Waals surface area contributed by atoms with Crippen molar-refractivity contribution in [3.05, 3.63) is 41.7 Å². The van der Waals surface area contributed by atoms with Gasteiger partial charge >= 0.3 is 6.09 Å². The van der Waals surface area contributed by atoms with Gasteiger partial charge in [0.1, 0.15) is 5.82 Å². The van der Waals surface area contributed by atoms with Gasteiger partial charge in [0, 0.05) is 11.6 Å². The number of nitrogens with one attached hydrogen (secondary N) is 1. The number of carbonyl (C=O) groups is 1. The minimum absolute atomic E-state index is 0.243. The molecule has 0 aliphatic rings. The zero-order valence-corrected chi connectivity index (χ0v) is 12.5. The maximum absolute atomic E-state index is 10.9. The van der Waals surface area contributed by atoms with Crippen molar-refractivity contribution >= 4 is 11.8 Å². The fraction of sp³-hybridized carbons (Fsp3) is 0.267. The molecule has 0 fully saturated rings. The molecule has 7 heteroatoms. The van der Waals surface area contributed by atoms with E-state index in [1.807, 2.05) is 19.1 Å². The third kappa shape index (κ3) is 3.43. The highest BCUT2D eigenvalue weighted by Gasteiger charge is 2.18. The monoisotopic (exact) mass is 303 g/mol. The highest BCUT2D eigenvalue weighted by Crippen LogP contribution is 2.30. The van der Waals surface area contributed by atoms with Crippen LogP contribution >= 0.6 is 0 Å². The number of amides is 1. The Labute approximate surface area is 127 Å². The minimum Gasteiger partial charge on any atom is -0.481 e. The number of hydrogen-bond acceptors (Lipinski definition) is 5. The lowest BCUT2D eigenvalue weighted by Crippen LogP contribution is -2.12. The lowest BCUT2D eigenvalue weighted by molar-refractivity contribution is 0.209. The van der Waals surface area contributed by atoms with Crippen molar-refractivity contribution in [1.29, 1.82) is 0 Å². The van der Waals surface area contributed by atoms with Crippen LogP contribution < -0.4 is 14.8 Å². The lowest BCUT2D eigenvalue weighted by Gasteiger charge is -2.16. The van der Waals surface area contributed by atoms with Crippen LogP contribution in [0.25, 0.3) is 0 Å². The molecule has 0 spiro atoms. The Morgan fingerprint density at radius 3 is 2.32 bits per heavy atom. The van der Waals surface area contributed by atoms with Gasteiger partial charge < -0.3 is 14.6 Å². The molecular formula is C15H17N3O4. The molecule has 1 heterocycles. The topological polar surface area (TPSA) is 93.6 Å². The number of hydrogen-bond donors (Lipinski definition) is 2. The molecule has 0 saturated carbocycles. The lowest BCUT2D eigenvalue weighted by atomic mass is 9.98. The highest BCUT2D eigenvalue weighted by atomic mass is 16.5. The molecule has 0 bridgehead atoms. The Morgan fingerprint density at radius 2 is 1.77 bits per heavy atom. The normalized spacial score (nSPS) is 11.6. The molecule has 2 aromatic rings. The van der Waals surface area contributed by atoms with Crippen molar-refractivity contribution in [3.8, 4) is 11.8 Å². The summed E-state index contributed by atoms with van der Waals surface area (Å²) in [5, 5.41) is 11.3. The Morgan fingerprint density at radius 1 is 1.18 bits per heavy atom. The van der Waals surface area contributed by atoms with Gasteiger partial charge in [-0.15, -0.1) is 0 Å². The number of carboxylic acid groups (broad SMARTS) is 1. The van der Waals surface area contributed by atoms with Crippen LogP contribution in [0.1, 0.15) is 24.2 Å². The molecule has 1 aromatic carbocycles. The Hall–Kier alpha value is -2.83. The van der Waals surface area contributed by atoms with E-state index < -0.39 is 6.09 Å². The smallest absolute Gasteiger partial charge is 0.409 e. The van der Waals surface area contributed by atoms with Crippen molar-refractivity contribution in [3.63, 3.8) is 0 Å². The summed E-state index contributed by atoms with van der Waals surface area (Å²) >= 11 is 0. The van der Waals surface area contributed by atoms with E-state index in [0.29, 0.717) is 23.3 Å². The first-order chi connectivity index (χ1) is 10.5. The number of para-hydroxylation sites is 1. The van der Waals surface area contributed by atoms with Crippen LogP contribution in [0, 0.1) is 0 Å². The largest absolute Gasteiger partial charge is 0.481 e. The van der Waals surface area contributed by atoms with Gasteiger partial charge in [-0.2, -0.15) is 9.97 Å². The number of benzene rings is 1. The summed E-state index contributed by atoms with van der Waals surface area (Å²) in [6, 6.07) is 8.69. The van der Waals surface area contributed by atoms with Crippen molar-refractivity contribution in [1.82, 2.24) is 9.97 Å². The quantitative estimate of drug-likeness (QED) is 0.882. The molecule has 2 rings (SSSR count). The van der Waals surface area contributed by atoms with Gasteiger partial charge in [0.15, 0.2) is 0 Å². The van der Waals surface area contributed by atoms with E-state index in [9.17, 15) is 4.79 Å². The summed E-state index contributed by atoms with van der Waals surface area (Å²) in [7, 11) is 3.02. The first-order valence-electron chi connectivity index (χ1n) is 6.61. The van der Waals surface area contributed by atoms with Gasteiger partial charge in [0.05, 0.1) is 20.3 Å². The molecule has 1 atom stereocenters. The summed E-state index contributed by atoms with van der Waals surface area (Å²) in [4.78, 5) is 19.5. The second-order valence-corrected chi connectivity index (χ2v) is 4.55.